The molecule has 2 aromatic rings. The molecule has 1 atom stereocenters. The van der Waals surface area contributed by atoms with Gasteiger partial charge in [0.15, 0.2) is 5.65 Å². The zero-order valence-corrected chi connectivity index (χ0v) is 12.0. The number of rotatable bonds is 4. The van der Waals surface area contributed by atoms with E-state index in [1.165, 1.54) is 0 Å². The lowest BCUT2D eigenvalue weighted by molar-refractivity contribution is -0.117. The van der Waals surface area contributed by atoms with Gasteiger partial charge in [-0.25, -0.2) is 4.98 Å². The summed E-state index contributed by atoms with van der Waals surface area (Å²) in [7, 11) is 2.07. The molecule has 2 heterocycles. The van der Waals surface area contributed by atoms with Gasteiger partial charge < -0.3 is 4.90 Å². The van der Waals surface area contributed by atoms with Crippen LogP contribution in [0.2, 0.25) is 0 Å². The van der Waals surface area contributed by atoms with Gasteiger partial charge in [-0.1, -0.05) is 6.92 Å². The van der Waals surface area contributed by atoms with Crippen LogP contribution in [0.4, 0.5) is 5.82 Å². The van der Waals surface area contributed by atoms with Gasteiger partial charge in [0.05, 0.1) is 11.9 Å². The molecule has 2 aromatic heterocycles. The van der Waals surface area contributed by atoms with Crippen molar-refractivity contribution in [1.82, 2.24) is 14.6 Å². The number of aromatic nitrogens is 3. The van der Waals surface area contributed by atoms with Crippen LogP contribution in [0.15, 0.2) is 18.3 Å². The third kappa shape index (κ3) is 2.28. The van der Waals surface area contributed by atoms with E-state index in [-0.39, 0.29) is 5.92 Å². The maximum Gasteiger partial charge on any atom is 0.157 e. The maximum absolute atomic E-state index is 11.5. The van der Waals surface area contributed by atoms with Crippen molar-refractivity contribution in [3.63, 3.8) is 0 Å². The summed E-state index contributed by atoms with van der Waals surface area (Å²) in [6, 6.07) is 4.02. The van der Waals surface area contributed by atoms with Gasteiger partial charge in [0, 0.05) is 44.5 Å². The van der Waals surface area contributed by atoms with Crippen molar-refractivity contribution in [2.75, 3.05) is 18.5 Å². The van der Waals surface area contributed by atoms with Gasteiger partial charge in [-0.05, 0) is 12.8 Å². The molecule has 1 unspecified atom stereocenters. The SMILES string of the molecule is CCCN(C)c1cc(C2CCC(=O)C2)nc2ccnn12. The fourth-order valence-electron chi connectivity index (χ4n) is 2.91. The molecule has 5 nitrogen and oxygen atoms in total. The van der Waals surface area contributed by atoms with Crippen molar-refractivity contribution < 1.29 is 4.79 Å². The van der Waals surface area contributed by atoms with E-state index in [9.17, 15) is 4.79 Å². The Morgan fingerprint density at radius 3 is 3.05 bits per heavy atom. The molecule has 3 rings (SSSR count). The Hall–Kier alpha value is -1.91. The highest BCUT2D eigenvalue weighted by Gasteiger charge is 2.26. The predicted octanol–water partition coefficient (Wildman–Crippen LogP) is 2.41. The number of carbonyl (C=O) groups excluding carboxylic acids is 1. The van der Waals surface area contributed by atoms with E-state index >= 15 is 0 Å². The van der Waals surface area contributed by atoms with Crippen molar-refractivity contribution >= 4 is 17.2 Å². The first-order chi connectivity index (χ1) is 9.69. The molecule has 1 aliphatic carbocycles. The second-order valence-corrected chi connectivity index (χ2v) is 5.54. The fraction of sp³-hybridized carbons (Fsp3) is 0.533. The van der Waals surface area contributed by atoms with E-state index in [2.05, 4.69) is 35.0 Å². The fourth-order valence-corrected chi connectivity index (χ4v) is 2.91. The number of carbonyl (C=O) groups is 1. The Morgan fingerprint density at radius 1 is 1.50 bits per heavy atom. The number of hydrogen-bond donors (Lipinski definition) is 0. The molecule has 0 radical (unpaired) electrons. The first-order valence-corrected chi connectivity index (χ1v) is 7.26. The van der Waals surface area contributed by atoms with Crippen LogP contribution in [-0.2, 0) is 4.79 Å². The molecule has 1 saturated carbocycles. The first kappa shape index (κ1) is 13.1. The molecule has 106 valence electrons. The molecular formula is C15H20N4O. The van der Waals surface area contributed by atoms with E-state index in [0.29, 0.717) is 18.6 Å². The Bertz CT molecular complexity index is 634. The minimum Gasteiger partial charge on any atom is -0.360 e. The standard InChI is InChI=1S/C15H20N4O/c1-3-8-18(2)15-10-13(11-4-5-12(20)9-11)17-14-6-7-16-19(14)15/h6-7,10-11H,3-5,8-9H2,1-2H3. The Balaban J connectivity index is 2.03. The molecule has 1 fully saturated rings. The molecule has 0 aromatic carbocycles. The lowest BCUT2D eigenvalue weighted by Crippen LogP contribution is -2.21. The maximum atomic E-state index is 11.5. The van der Waals surface area contributed by atoms with Gasteiger partial charge in [0.25, 0.3) is 0 Å². The van der Waals surface area contributed by atoms with E-state index in [0.717, 1.165) is 36.5 Å². The summed E-state index contributed by atoms with van der Waals surface area (Å²) in [6.07, 6.45) is 5.10. The van der Waals surface area contributed by atoms with Gasteiger partial charge in [0.2, 0.25) is 0 Å². The highest BCUT2D eigenvalue weighted by molar-refractivity contribution is 5.81. The molecule has 0 aliphatic heterocycles. The Kier molecular flexibility index (Phi) is 3.42. The highest BCUT2D eigenvalue weighted by Crippen LogP contribution is 2.32. The Morgan fingerprint density at radius 2 is 2.35 bits per heavy atom. The molecule has 0 amide bonds. The second-order valence-electron chi connectivity index (χ2n) is 5.54. The zero-order valence-electron chi connectivity index (χ0n) is 12.0. The number of fused-ring (bicyclic) bond motifs is 1. The topological polar surface area (TPSA) is 50.5 Å². The summed E-state index contributed by atoms with van der Waals surface area (Å²) >= 11 is 0. The van der Waals surface area contributed by atoms with Crippen molar-refractivity contribution in [3.05, 3.63) is 24.0 Å². The molecular weight excluding hydrogens is 252 g/mol. The van der Waals surface area contributed by atoms with Crippen LogP contribution in [0, 0.1) is 0 Å². The van der Waals surface area contributed by atoms with Crippen LogP contribution in [0.5, 0.6) is 0 Å². The lowest BCUT2D eigenvalue weighted by atomic mass is 10.0. The number of nitrogens with zero attached hydrogens (tertiary/aromatic N) is 4. The molecule has 1 aliphatic rings. The van der Waals surface area contributed by atoms with Crippen LogP contribution < -0.4 is 4.90 Å². The number of hydrogen-bond acceptors (Lipinski definition) is 4. The largest absolute Gasteiger partial charge is 0.360 e. The highest BCUT2D eigenvalue weighted by atomic mass is 16.1. The number of ketones is 1. The van der Waals surface area contributed by atoms with E-state index < -0.39 is 0 Å². The summed E-state index contributed by atoms with van der Waals surface area (Å²) in [5.74, 6) is 1.68. The van der Waals surface area contributed by atoms with Crippen LogP contribution >= 0.6 is 0 Å². The summed E-state index contributed by atoms with van der Waals surface area (Å²) in [4.78, 5) is 18.4. The quantitative estimate of drug-likeness (QED) is 0.857. The molecule has 5 heteroatoms. The van der Waals surface area contributed by atoms with Gasteiger partial charge in [0.1, 0.15) is 11.6 Å². The van der Waals surface area contributed by atoms with Crippen LogP contribution in [0.1, 0.15) is 44.2 Å². The number of Topliss-reactive ketones (excluding diaryl/α,β-unsaturated/α-hetero) is 1. The summed E-state index contributed by atoms with van der Waals surface area (Å²) in [5, 5.41) is 4.35. The third-order valence-electron chi connectivity index (χ3n) is 3.97. The first-order valence-electron chi connectivity index (χ1n) is 7.26. The van der Waals surface area contributed by atoms with Gasteiger partial charge >= 0.3 is 0 Å². The van der Waals surface area contributed by atoms with Crippen LogP contribution in [0.3, 0.4) is 0 Å². The summed E-state index contributed by atoms with van der Waals surface area (Å²) in [5.41, 5.74) is 1.89. The third-order valence-corrected chi connectivity index (χ3v) is 3.97. The Labute approximate surface area is 118 Å². The van der Waals surface area contributed by atoms with Gasteiger partial charge in [-0.3, -0.25) is 4.79 Å². The van der Waals surface area contributed by atoms with Gasteiger partial charge in [-0.15, -0.1) is 0 Å². The normalized spacial score (nSPS) is 18.9. The van der Waals surface area contributed by atoms with Crippen LogP contribution in [0.25, 0.3) is 5.65 Å². The lowest BCUT2D eigenvalue weighted by Gasteiger charge is -2.21. The van der Waals surface area contributed by atoms with Gasteiger partial charge in [-0.2, -0.15) is 9.61 Å². The summed E-state index contributed by atoms with van der Waals surface area (Å²) in [6.45, 7) is 3.14. The van der Waals surface area contributed by atoms with Crippen molar-refractivity contribution in [2.45, 2.75) is 38.5 Å². The van der Waals surface area contributed by atoms with Crippen molar-refractivity contribution in [1.29, 1.82) is 0 Å². The molecule has 0 bridgehead atoms. The van der Waals surface area contributed by atoms with E-state index in [4.69, 9.17) is 0 Å². The molecule has 0 spiro atoms. The van der Waals surface area contributed by atoms with Crippen molar-refractivity contribution in [3.8, 4) is 0 Å². The van der Waals surface area contributed by atoms with E-state index in [1.54, 1.807) is 6.20 Å². The molecule has 0 saturated heterocycles. The average Bonchev–Trinajstić information content (AvgIpc) is 3.05. The monoisotopic (exact) mass is 272 g/mol. The van der Waals surface area contributed by atoms with Crippen molar-refractivity contribution in [2.24, 2.45) is 0 Å². The minimum atomic E-state index is 0.274. The minimum absolute atomic E-state index is 0.274. The second kappa shape index (κ2) is 5.23. The van der Waals surface area contributed by atoms with E-state index in [1.807, 2.05) is 10.6 Å². The molecule has 20 heavy (non-hydrogen) atoms. The predicted molar refractivity (Wildman–Crippen MR) is 78.1 cm³/mol. The smallest absolute Gasteiger partial charge is 0.157 e. The average molecular weight is 272 g/mol. The van der Waals surface area contributed by atoms with Crippen LogP contribution in [-0.4, -0.2) is 34.0 Å². The summed E-state index contributed by atoms with van der Waals surface area (Å²) < 4.78 is 1.87. The number of anilines is 1. The zero-order chi connectivity index (χ0) is 14.1. The molecule has 0 N–H and O–H groups in total.